The second-order valence-electron chi connectivity index (χ2n) is 12.3. The summed E-state index contributed by atoms with van der Waals surface area (Å²) in [5.74, 6) is -0.549. The second kappa shape index (κ2) is 13.6. The molecule has 10 heteroatoms. The summed E-state index contributed by atoms with van der Waals surface area (Å²) >= 11 is 6.06. The molecule has 0 aromatic heterocycles. The summed E-state index contributed by atoms with van der Waals surface area (Å²) < 4.78 is 39.7. The fraction of sp³-hybridized carbons (Fsp3) is 0.412. The second-order valence-corrected chi connectivity index (χ2v) is 12.7. The molecule has 0 radical (unpaired) electrons. The van der Waals surface area contributed by atoms with Crippen molar-refractivity contribution in [2.75, 3.05) is 5.32 Å². The number of anilines is 2. The molecular weight excluding hydrogens is 589 g/mol. The fourth-order valence-corrected chi connectivity index (χ4v) is 6.54. The minimum Gasteiger partial charge on any atom is -0.355 e. The summed E-state index contributed by atoms with van der Waals surface area (Å²) in [6.45, 7) is 4.84. The van der Waals surface area contributed by atoms with E-state index >= 15 is 0 Å². The third kappa shape index (κ3) is 7.93. The van der Waals surface area contributed by atoms with Crippen molar-refractivity contribution in [3.8, 4) is 0 Å². The Morgan fingerprint density at radius 2 is 1.64 bits per heavy atom. The third-order valence-corrected chi connectivity index (χ3v) is 8.73. The molecule has 0 aliphatic carbocycles. The van der Waals surface area contributed by atoms with Crippen molar-refractivity contribution < 1.29 is 22.8 Å². The first-order valence-corrected chi connectivity index (χ1v) is 15.5. The van der Waals surface area contributed by atoms with Crippen molar-refractivity contribution in [1.29, 1.82) is 0 Å². The van der Waals surface area contributed by atoms with Crippen molar-refractivity contribution >= 4 is 34.8 Å². The number of amides is 2. The smallest absolute Gasteiger partial charge is 0.355 e. The summed E-state index contributed by atoms with van der Waals surface area (Å²) in [5, 5.41) is 9.80. The largest absolute Gasteiger partial charge is 0.416 e. The molecular formula is C34H38ClF3N4O2. The van der Waals surface area contributed by atoms with E-state index in [0.29, 0.717) is 24.2 Å². The van der Waals surface area contributed by atoms with Gasteiger partial charge in [-0.2, -0.15) is 13.2 Å². The van der Waals surface area contributed by atoms with Gasteiger partial charge >= 0.3 is 6.18 Å². The molecule has 0 spiro atoms. The standard InChI is InChI=1S/C34H38ClF3N4O2/c1-21(2)16-31(33(44)40-26-18-27-14-15-28(19-26)42(27)20-22-10-12-24(35)13-11-22)41-32(43)29-8-3-4-9-30(29)39-25-7-5-6-23(17-25)34(36,37)38/h3-13,17,21,26-28,31,39H,14-16,18-20H2,1-2H3,(H,40,44)(H,41,43)/t27-,28-,31-/m0/s1. The van der Waals surface area contributed by atoms with E-state index in [0.717, 1.165) is 49.4 Å². The van der Waals surface area contributed by atoms with Crippen molar-refractivity contribution in [2.45, 2.75) is 82.8 Å². The normalized spacial score (nSPS) is 20.8. The van der Waals surface area contributed by atoms with Crippen molar-refractivity contribution in [1.82, 2.24) is 15.5 Å². The van der Waals surface area contributed by atoms with Crippen LogP contribution in [0.2, 0.25) is 5.02 Å². The van der Waals surface area contributed by atoms with Crippen LogP contribution in [-0.2, 0) is 17.5 Å². The van der Waals surface area contributed by atoms with Crippen LogP contribution in [0.5, 0.6) is 0 Å². The molecule has 3 atom stereocenters. The highest BCUT2D eigenvalue weighted by molar-refractivity contribution is 6.30. The Morgan fingerprint density at radius 1 is 0.955 bits per heavy atom. The molecule has 3 aromatic rings. The fourth-order valence-electron chi connectivity index (χ4n) is 6.41. The molecule has 0 unspecified atom stereocenters. The van der Waals surface area contributed by atoms with Gasteiger partial charge in [0.05, 0.1) is 16.8 Å². The first-order valence-electron chi connectivity index (χ1n) is 15.1. The molecule has 44 heavy (non-hydrogen) atoms. The number of nitrogens with one attached hydrogen (secondary N) is 3. The highest BCUT2D eigenvalue weighted by atomic mass is 35.5. The Bertz CT molecular complexity index is 1450. The van der Waals surface area contributed by atoms with Gasteiger partial charge in [0, 0.05) is 35.4 Å². The number of fused-ring (bicyclic) bond motifs is 2. The van der Waals surface area contributed by atoms with E-state index in [9.17, 15) is 22.8 Å². The van der Waals surface area contributed by atoms with Crippen LogP contribution in [0.4, 0.5) is 24.5 Å². The van der Waals surface area contributed by atoms with Gasteiger partial charge in [-0.1, -0.05) is 55.8 Å². The predicted molar refractivity (Wildman–Crippen MR) is 167 cm³/mol. The molecule has 2 heterocycles. The van der Waals surface area contributed by atoms with Gasteiger partial charge in [-0.3, -0.25) is 14.5 Å². The minimum absolute atomic E-state index is 0.0166. The van der Waals surface area contributed by atoms with E-state index in [1.165, 1.54) is 17.7 Å². The number of para-hydroxylation sites is 1. The van der Waals surface area contributed by atoms with Gasteiger partial charge in [0.2, 0.25) is 5.91 Å². The van der Waals surface area contributed by atoms with Crippen LogP contribution in [0.3, 0.4) is 0 Å². The maximum atomic E-state index is 13.6. The summed E-state index contributed by atoms with van der Waals surface area (Å²) in [6.07, 6.45) is -0.162. The van der Waals surface area contributed by atoms with Crippen LogP contribution < -0.4 is 16.0 Å². The molecule has 2 saturated heterocycles. The molecule has 2 fully saturated rings. The van der Waals surface area contributed by atoms with E-state index in [-0.39, 0.29) is 29.1 Å². The molecule has 2 amide bonds. The van der Waals surface area contributed by atoms with E-state index in [2.05, 4.69) is 33.0 Å². The number of rotatable bonds is 10. The van der Waals surface area contributed by atoms with E-state index in [4.69, 9.17) is 11.6 Å². The van der Waals surface area contributed by atoms with Crippen LogP contribution >= 0.6 is 11.6 Å². The van der Waals surface area contributed by atoms with Gasteiger partial charge in [0.25, 0.3) is 5.91 Å². The number of carbonyl (C=O) groups excluding carboxylic acids is 2. The zero-order valence-electron chi connectivity index (χ0n) is 24.8. The number of piperidine rings is 1. The molecule has 234 valence electrons. The SMILES string of the molecule is CC(C)C[C@H](NC(=O)c1ccccc1Nc1cccc(C(F)(F)F)c1)C(=O)NC1C[C@@H]2CC[C@@H](C1)N2Cc1ccc(Cl)cc1. The van der Waals surface area contributed by atoms with Gasteiger partial charge in [-0.15, -0.1) is 0 Å². The Morgan fingerprint density at radius 3 is 2.30 bits per heavy atom. The maximum absolute atomic E-state index is 13.6. The maximum Gasteiger partial charge on any atom is 0.416 e. The lowest BCUT2D eigenvalue weighted by molar-refractivity contribution is -0.137. The highest BCUT2D eigenvalue weighted by Gasteiger charge is 2.41. The number of carbonyl (C=O) groups is 2. The van der Waals surface area contributed by atoms with Crippen molar-refractivity contribution in [2.24, 2.45) is 5.92 Å². The zero-order chi connectivity index (χ0) is 31.4. The molecule has 3 aromatic carbocycles. The van der Waals surface area contributed by atoms with Crippen LogP contribution in [-0.4, -0.2) is 40.9 Å². The quantitative estimate of drug-likeness (QED) is 0.217. The lowest BCUT2D eigenvalue weighted by Crippen LogP contribution is -2.54. The summed E-state index contributed by atoms with van der Waals surface area (Å²) in [7, 11) is 0. The average molecular weight is 627 g/mol. The number of nitrogens with zero attached hydrogens (tertiary/aromatic N) is 1. The molecule has 3 N–H and O–H groups in total. The Labute approximate surface area is 261 Å². The summed E-state index contributed by atoms with van der Waals surface area (Å²) in [4.78, 5) is 29.6. The summed E-state index contributed by atoms with van der Waals surface area (Å²) in [6, 6.07) is 19.3. The van der Waals surface area contributed by atoms with Gasteiger partial charge in [-0.05, 0) is 86.1 Å². The predicted octanol–water partition coefficient (Wildman–Crippen LogP) is 7.56. The van der Waals surface area contributed by atoms with Crippen molar-refractivity contribution in [3.05, 3.63) is 94.5 Å². The topological polar surface area (TPSA) is 73.5 Å². The van der Waals surface area contributed by atoms with E-state index in [1.54, 1.807) is 24.3 Å². The van der Waals surface area contributed by atoms with Crippen LogP contribution in [0.25, 0.3) is 0 Å². The zero-order valence-corrected chi connectivity index (χ0v) is 25.6. The van der Waals surface area contributed by atoms with Gasteiger partial charge in [0.1, 0.15) is 6.04 Å². The van der Waals surface area contributed by atoms with E-state index in [1.807, 2.05) is 26.0 Å². The average Bonchev–Trinajstić information content (AvgIpc) is 3.20. The van der Waals surface area contributed by atoms with Crippen molar-refractivity contribution in [3.63, 3.8) is 0 Å². The molecule has 2 aliphatic heterocycles. The Balaban J connectivity index is 1.24. The lowest BCUT2D eigenvalue weighted by atomic mass is 9.95. The minimum atomic E-state index is -4.49. The van der Waals surface area contributed by atoms with E-state index < -0.39 is 23.7 Å². The first-order chi connectivity index (χ1) is 21.0. The summed E-state index contributed by atoms with van der Waals surface area (Å²) in [5.41, 5.74) is 1.21. The molecule has 2 aliphatic rings. The molecule has 6 nitrogen and oxygen atoms in total. The van der Waals surface area contributed by atoms with Crippen LogP contribution in [0, 0.1) is 5.92 Å². The molecule has 5 rings (SSSR count). The van der Waals surface area contributed by atoms with Crippen LogP contribution in [0.1, 0.15) is 67.4 Å². The molecule has 2 bridgehead atoms. The third-order valence-electron chi connectivity index (χ3n) is 8.48. The van der Waals surface area contributed by atoms with Crippen LogP contribution in [0.15, 0.2) is 72.8 Å². The number of benzene rings is 3. The number of hydrogen-bond acceptors (Lipinski definition) is 4. The number of halogens is 4. The Hall–Kier alpha value is -3.56. The van der Waals surface area contributed by atoms with Gasteiger partial charge in [0.15, 0.2) is 0 Å². The highest BCUT2D eigenvalue weighted by Crippen LogP contribution is 2.37. The molecule has 0 saturated carbocycles. The number of hydrogen-bond donors (Lipinski definition) is 3. The number of alkyl halides is 3. The first kappa shape index (κ1) is 31.9. The monoisotopic (exact) mass is 626 g/mol. The lowest BCUT2D eigenvalue weighted by Gasteiger charge is -2.39. The van der Waals surface area contributed by atoms with Gasteiger partial charge in [-0.25, -0.2) is 0 Å². The Kier molecular flexibility index (Phi) is 9.85. The van der Waals surface area contributed by atoms with Gasteiger partial charge < -0.3 is 16.0 Å².